The Bertz CT molecular complexity index is 856. The number of anilines is 1. The number of primary amides is 1. The number of hydrogen-bond donors (Lipinski definition) is 2. The summed E-state index contributed by atoms with van der Waals surface area (Å²) in [6, 6.07) is 4.88. The molecule has 1 aromatic heterocycles. The molecule has 1 heterocycles. The van der Waals surface area contributed by atoms with Crippen LogP contribution >= 0.6 is 35.0 Å². The molecule has 0 saturated heterocycles. The van der Waals surface area contributed by atoms with Gasteiger partial charge >= 0.3 is 0 Å². The van der Waals surface area contributed by atoms with E-state index in [1.54, 1.807) is 25.1 Å². The number of halogens is 2. The summed E-state index contributed by atoms with van der Waals surface area (Å²) in [5, 5.41) is 12.2. The van der Waals surface area contributed by atoms with Crippen LogP contribution in [0.5, 0.6) is 0 Å². The van der Waals surface area contributed by atoms with E-state index in [2.05, 4.69) is 29.4 Å². The Balaban J connectivity index is 2.11. The lowest BCUT2D eigenvalue weighted by Crippen LogP contribution is -2.23. The van der Waals surface area contributed by atoms with Crippen molar-refractivity contribution >= 4 is 52.5 Å². The van der Waals surface area contributed by atoms with Gasteiger partial charge in [0.05, 0.1) is 16.0 Å². The van der Waals surface area contributed by atoms with Gasteiger partial charge in [-0.1, -0.05) is 48.8 Å². The Morgan fingerprint density at radius 3 is 2.57 bits per heavy atom. The number of rotatable bonds is 9. The molecule has 0 fully saturated rings. The fraction of sp³-hybridized carbons (Fsp3) is 0.444. The Morgan fingerprint density at radius 1 is 1.25 bits per heavy atom. The average molecular weight is 444 g/mol. The lowest BCUT2D eigenvalue weighted by atomic mass is 10.2. The van der Waals surface area contributed by atoms with Gasteiger partial charge in [-0.3, -0.25) is 9.59 Å². The highest BCUT2D eigenvalue weighted by Crippen LogP contribution is 2.28. The minimum atomic E-state index is -0.439. The van der Waals surface area contributed by atoms with Crippen molar-refractivity contribution in [2.24, 2.45) is 11.7 Å². The molecule has 1 atom stereocenters. The number of amides is 2. The number of nitrogens with zero attached hydrogens (tertiary/aromatic N) is 3. The number of hydrogen-bond acceptors (Lipinski definition) is 5. The first kappa shape index (κ1) is 22.5. The molecule has 0 radical (unpaired) electrons. The van der Waals surface area contributed by atoms with E-state index < -0.39 is 5.25 Å². The van der Waals surface area contributed by atoms with Gasteiger partial charge in [0.25, 0.3) is 0 Å². The van der Waals surface area contributed by atoms with Crippen molar-refractivity contribution in [1.82, 2.24) is 14.8 Å². The Hall–Kier alpha value is -1.77. The number of nitrogens with two attached hydrogens (primary N) is 1. The third-order valence-corrected chi connectivity index (χ3v) is 5.40. The van der Waals surface area contributed by atoms with E-state index in [0.717, 1.165) is 0 Å². The highest BCUT2D eigenvalue weighted by atomic mass is 35.5. The van der Waals surface area contributed by atoms with Gasteiger partial charge in [0.2, 0.25) is 11.8 Å². The molecule has 152 valence electrons. The molecule has 28 heavy (non-hydrogen) atoms. The molecule has 1 aromatic carbocycles. The van der Waals surface area contributed by atoms with Gasteiger partial charge in [-0.15, -0.1) is 10.2 Å². The van der Waals surface area contributed by atoms with Crippen molar-refractivity contribution in [2.75, 3.05) is 5.32 Å². The normalized spacial score (nSPS) is 12.2. The van der Waals surface area contributed by atoms with Crippen LogP contribution in [0.15, 0.2) is 23.4 Å². The highest BCUT2D eigenvalue weighted by Gasteiger charge is 2.21. The molecule has 10 heteroatoms. The molecular formula is C18H23Cl2N5O2S. The number of nitrogens with one attached hydrogen (secondary N) is 1. The van der Waals surface area contributed by atoms with Gasteiger partial charge < -0.3 is 15.6 Å². The Kier molecular flexibility index (Phi) is 8.15. The van der Waals surface area contributed by atoms with Crippen LogP contribution in [0.25, 0.3) is 0 Å². The Labute approximate surface area is 178 Å². The van der Waals surface area contributed by atoms with E-state index in [4.69, 9.17) is 28.9 Å². The maximum absolute atomic E-state index is 12.6. The molecule has 0 aliphatic heterocycles. The van der Waals surface area contributed by atoms with Crippen LogP contribution in [0.3, 0.4) is 0 Å². The monoisotopic (exact) mass is 443 g/mol. The second kappa shape index (κ2) is 10.1. The van der Waals surface area contributed by atoms with Gasteiger partial charge in [0.15, 0.2) is 5.16 Å². The molecule has 0 aliphatic carbocycles. The first-order valence-corrected chi connectivity index (χ1v) is 10.4. The van der Waals surface area contributed by atoms with E-state index in [0.29, 0.717) is 45.6 Å². The van der Waals surface area contributed by atoms with E-state index in [1.165, 1.54) is 11.8 Å². The lowest BCUT2D eigenvalue weighted by Gasteiger charge is -2.15. The molecule has 7 nitrogen and oxygen atoms in total. The maximum atomic E-state index is 12.6. The number of carbonyl (C=O) groups is 2. The van der Waals surface area contributed by atoms with E-state index >= 15 is 0 Å². The van der Waals surface area contributed by atoms with Crippen LogP contribution in [0, 0.1) is 5.92 Å². The molecule has 2 amide bonds. The maximum Gasteiger partial charge on any atom is 0.237 e. The zero-order valence-electron chi connectivity index (χ0n) is 15.9. The second-order valence-electron chi connectivity index (χ2n) is 6.74. The molecule has 0 aliphatic rings. The summed E-state index contributed by atoms with van der Waals surface area (Å²) < 4.78 is 1.94. The largest absolute Gasteiger partial charge is 0.370 e. The topological polar surface area (TPSA) is 103 Å². The zero-order chi connectivity index (χ0) is 20.8. The van der Waals surface area contributed by atoms with Crippen molar-refractivity contribution in [2.45, 2.75) is 50.6 Å². The molecule has 0 spiro atoms. The van der Waals surface area contributed by atoms with Gasteiger partial charge in [-0.25, -0.2) is 0 Å². The summed E-state index contributed by atoms with van der Waals surface area (Å²) in [5.41, 5.74) is 5.73. The minimum Gasteiger partial charge on any atom is -0.370 e. The summed E-state index contributed by atoms with van der Waals surface area (Å²) in [6.07, 6.45) is 0.614. The van der Waals surface area contributed by atoms with E-state index in [1.807, 2.05) is 4.57 Å². The third kappa shape index (κ3) is 6.39. The van der Waals surface area contributed by atoms with Crippen LogP contribution in [-0.4, -0.2) is 31.8 Å². The van der Waals surface area contributed by atoms with Gasteiger partial charge in [-0.05, 0) is 31.0 Å². The highest BCUT2D eigenvalue weighted by molar-refractivity contribution is 8.00. The summed E-state index contributed by atoms with van der Waals surface area (Å²) in [5.74, 6) is 0.427. The van der Waals surface area contributed by atoms with E-state index in [9.17, 15) is 9.59 Å². The quantitative estimate of drug-likeness (QED) is 0.573. The number of aromatic nitrogens is 3. The first-order valence-electron chi connectivity index (χ1n) is 8.80. The molecular weight excluding hydrogens is 421 g/mol. The predicted molar refractivity (Wildman–Crippen MR) is 113 cm³/mol. The number of carbonyl (C=O) groups excluding carboxylic acids is 2. The van der Waals surface area contributed by atoms with Gasteiger partial charge in [0.1, 0.15) is 5.82 Å². The van der Waals surface area contributed by atoms with Crippen LogP contribution < -0.4 is 11.1 Å². The van der Waals surface area contributed by atoms with Crippen molar-refractivity contribution in [3.63, 3.8) is 0 Å². The average Bonchev–Trinajstić information content (AvgIpc) is 2.96. The molecule has 3 N–H and O–H groups in total. The standard InChI is InChI=1S/C18H23Cl2N5O2S/c1-10(2)9-25-16(7-6-15(21)26)23-24-18(25)28-11(3)17(27)22-14-5-4-12(19)8-13(14)20/h4-5,8,10-11H,6-7,9H2,1-3H3,(H2,21,26)(H,22,27). The van der Waals surface area contributed by atoms with Gasteiger partial charge in [0, 0.05) is 24.4 Å². The summed E-state index contributed by atoms with van der Waals surface area (Å²) in [6.45, 7) is 6.61. The fourth-order valence-electron chi connectivity index (χ4n) is 2.41. The van der Waals surface area contributed by atoms with Crippen molar-refractivity contribution in [1.29, 1.82) is 0 Å². The summed E-state index contributed by atoms with van der Waals surface area (Å²) in [7, 11) is 0. The van der Waals surface area contributed by atoms with Crippen LogP contribution in [0.1, 0.15) is 33.0 Å². The molecule has 2 aromatic rings. The minimum absolute atomic E-state index is 0.200. The SMILES string of the molecule is CC(C)Cn1c(CCC(N)=O)nnc1SC(C)C(=O)Nc1ccc(Cl)cc1Cl. The van der Waals surface area contributed by atoms with Crippen LogP contribution in [-0.2, 0) is 22.6 Å². The van der Waals surface area contributed by atoms with Crippen molar-refractivity contribution < 1.29 is 9.59 Å². The predicted octanol–water partition coefficient (Wildman–Crippen LogP) is 3.78. The summed E-state index contributed by atoms with van der Waals surface area (Å²) >= 11 is 13.3. The van der Waals surface area contributed by atoms with E-state index in [-0.39, 0.29) is 18.2 Å². The summed E-state index contributed by atoms with van der Waals surface area (Å²) in [4.78, 5) is 23.7. The zero-order valence-corrected chi connectivity index (χ0v) is 18.2. The third-order valence-electron chi connectivity index (χ3n) is 3.78. The smallest absolute Gasteiger partial charge is 0.237 e. The number of thioether (sulfide) groups is 1. The molecule has 1 unspecified atom stereocenters. The second-order valence-corrected chi connectivity index (χ2v) is 8.89. The van der Waals surface area contributed by atoms with Crippen LogP contribution in [0.4, 0.5) is 5.69 Å². The van der Waals surface area contributed by atoms with Crippen molar-refractivity contribution in [3.05, 3.63) is 34.1 Å². The molecule has 2 rings (SSSR count). The molecule has 0 bridgehead atoms. The van der Waals surface area contributed by atoms with Crippen molar-refractivity contribution in [3.8, 4) is 0 Å². The first-order chi connectivity index (χ1) is 13.2. The number of benzene rings is 1. The van der Waals surface area contributed by atoms with Gasteiger partial charge in [-0.2, -0.15) is 0 Å². The number of aryl methyl sites for hydroxylation is 1. The lowest BCUT2D eigenvalue weighted by molar-refractivity contribution is -0.118. The Morgan fingerprint density at radius 2 is 1.96 bits per heavy atom. The van der Waals surface area contributed by atoms with Crippen LogP contribution in [0.2, 0.25) is 10.0 Å². The fourth-order valence-corrected chi connectivity index (χ4v) is 3.74. The molecule has 0 saturated carbocycles.